The molecule has 4 unspecified atom stereocenters. The van der Waals surface area contributed by atoms with Crippen LogP contribution in [0, 0.1) is 0 Å². The lowest BCUT2D eigenvalue weighted by molar-refractivity contribution is -0.195. The Morgan fingerprint density at radius 2 is 2.15 bits per heavy atom. The lowest BCUT2D eigenvalue weighted by Crippen LogP contribution is -2.51. The van der Waals surface area contributed by atoms with E-state index in [4.69, 9.17) is 9.84 Å². The van der Waals surface area contributed by atoms with E-state index in [0.717, 1.165) is 12.3 Å². The number of aliphatic hydroxyl groups is 2. The van der Waals surface area contributed by atoms with Crippen LogP contribution in [0.2, 0.25) is 0 Å². The summed E-state index contributed by atoms with van der Waals surface area (Å²) in [5.74, 6) is 0. The molecule has 20 heavy (non-hydrogen) atoms. The second-order valence-corrected chi connectivity index (χ2v) is 4.33. The van der Waals surface area contributed by atoms with Crippen LogP contribution < -0.4 is 11.2 Å². The zero-order chi connectivity index (χ0) is 15.1. The van der Waals surface area contributed by atoms with Gasteiger partial charge in [0.1, 0.15) is 6.10 Å². The average molecular weight is 296 g/mol. The molecule has 1 aliphatic heterocycles. The first-order valence-electron chi connectivity index (χ1n) is 5.54. The minimum Gasteiger partial charge on any atom is -0.393 e. The monoisotopic (exact) mass is 296 g/mol. The Balaban J connectivity index is 2.45. The van der Waals surface area contributed by atoms with E-state index in [0.29, 0.717) is 4.57 Å². The van der Waals surface area contributed by atoms with E-state index in [1.54, 1.807) is 4.98 Å². The Kier molecular flexibility index (Phi) is 3.71. The number of alkyl halides is 3. The Bertz CT molecular complexity index is 603. The SMILES string of the molecule is O=c1ccn(C2OC(CO)(C(F)F)C(O)C2F)c(=O)[nH]1. The molecule has 2 rings (SSSR count). The summed E-state index contributed by atoms with van der Waals surface area (Å²) < 4.78 is 45.0. The standard InChI is InChI=1S/C10H11F3N2O5/c11-5-6(18)10(3-16,8(12)13)20-7(5)15-2-1-4(17)14-9(15)19/h1-2,5-8,16,18H,3H2,(H,14,17,19). The number of nitrogens with one attached hydrogen (secondary N) is 1. The number of hydrogen-bond donors (Lipinski definition) is 3. The van der Waals surface area contributed by atoms with Crippen LogP contribution in [0.1, 0.15) is 6.23 Å². The zero-order valence-corrected chi connectivity index (χ0v) is 9.87. The van der Waals surface area contributed by atoms with Gasteiger partial charge in [-0.2, -0.15) is 0 Å². The summed E-state index contributed by atoms with van der Waals surface area (Å²) >= 11 is 0. The number of nitrogens with zero attached hydrogens (tertiary/aromatic N) is 1. The molecule has 1 fully saturated rings. The minimum atomic E-state index is -3.37. The highest BCUT2D eigenvalue weighted by atomic mass is 19.3. The largest absolute Gasteiger partial charge is 0.393 e. The van der Waals surface area contributed by atoms with Crippen molar-refractivity contribution >= 4 is 0 Å². The van der Waals surface area contributed by atoms with E-state index < -0.39 is 48.4 Å². The molecule has 0 bridgehead atoms. The fourth-order valence-electron chi connectivity index (χ4n) is 2.00. The zero-order valence-electron chi connectivity index (χ0n) is 9.87. The predicted molar refractivity (Wildman–Crippen MR) is 58.2 cm³/mol. The first kappa shape index (κ1) is 14.8. The van der Waals surface area contributed by atoms with Crippen molar-refractivity contribution in [2.24, 2.45) is 0 Å². The Morgan fingerprint density at radius 3 is 2.60 bits per heavy atom. The average Bonchev–Trinajstić information content (AvgIpc) is 2.64. The Hall–Kier alpha value is -1.65. The van der Waals surface area contributed by atoms with E-state index in [1.807, 2.05) is 0 Å². The number of halogens is 3. The first-order chi connectivity index (χ1) is 9.33. The van der Waals surface area contributed by atoms with E-state index in [1.165, 1.54) is 0 Å². The summed E-state index contributed by atoms with van der Waals surface area (Å²) in [5.41, 5.74) is -4.66. The van der Waals surface area contributed by atoms with Crippen molar-refractivity contribution in [3.63, 3.8) is 0 Å². The molecule has 4 atom stereocenters. The van der Waals surface area contributed by atoms with Crippen LogP contribution in [0.15, 0.2) is 21.9 Å². The molecule has 112 valence electrons. The van der Waals surface area contributed by atoms with E-state index >= 15 is 0 Å². The fraction of sp³-hybridized carbons (Fsp3) is 0.600. The molecule has 1 saturated heterocycles. The molecule has 1 aliphatic rings. The van der Waals surface area contributed by atoms with Gasteiger partial charge in [-0.25, -0.2) is 18.0 Å². The Labute approximate surface area is 109 Å². The number of aromatic nitrogens is 2. The van der Waals surface area contributed by atoms with Gasteiger partial charge in [-0.15, -0.1) is 0 Å². The van der Waals surface area contributed by atoms with Crippen molar-refractivity contribution in [1.29, 1.82) is 0 Å². The maximum Gasteiger partial charge on any atom is 0.330 e. The second kappa shape index (κ2) is 5.04. The highest BCUT2D eigenvalue weighted by molar-refractivity contribution is 5.03. The van der Waals surface area contributed by atoms with Gasteiger partial charge in [-0.1, -0.05) is 0 Å². The van der Waals surface area contributed by atoms with Crippen LogP contribution >= 0.6 is 0 Å². The maximum absolute atomic E-state index is 13.9. The molecule has 0 spiro atoms. The summed E-state index contributed by atoms with van der Waals surface area (Å²) in [6.07, 6.45) is -9.10. The van der Waals surface area contributed by atoms with Gasteiger partial charge >= 0.3 is 5.69 Å². The highest BCUT2D eigenvalue weighted by Crippen LogP contribution is 2.41. The molecule has 0 radical (unpaired) electrons. The number of aromatic amines is 1. The van der Waals surface area contributed by atoms with Crippen LogP contribution in [0.5, 0.6) is 0 Å². The van der Waals surface area contributed by atoms with Gasteiger partial charge in [0, 0.05) is 12.3 Å². The summed E-state index contributed by atoms with van der Waals surface area (Å²) in [4.78, 5) is 24.2. The van der Waals surface area contributed by atoms with Gasteiger partial charge in [0.2, 0.25) is 0 Å². The quantitative estimate of drug-likeness (QED) is 0.647. The van der Waals surface area contributed by atoms with Crippen molar-refractivity contribution in [2.45, 2.75) is 30.5 Å². The maximum atomic E-state index is 13.9. The molecular weight excluding hydrogens is 285 g/mol. The first-order valence-corrected chi connectivity index (χ1v) is 5.54. The van der Waals surface area contributed by atoms with E-state index in [2.05, 4.69) is 0 Å². The molecule has 0 aromatic carbocycles. The molecule has 0 aliphatic carbocycles. The van der Waals surface area contributed by atoms with Crippen LogP contribution in [0.25, 0.3) is 0 Å². The van der Waals surface area contributed by atoms with Crippen LogP contribution in [-0.2, 0) is 4.74 Å². The molecule has 3 N–H and O–H groups in total. The van der Waals surface area contributed by atoms with Gasteiger partial charge in [-0.05, 0) is 0 Å². The van der Waals surface area contributed by atoms with Crippen molar-refractivity contribution in [2.75, 3.05) is 6.61 Å². The minimum absolute atomic E-state index is 0.523. The summed E-state index contributed by atoms with van der Waals surface area (Å²) in [6, 6.07) is 0.866. The Morgan fingerprint density at radius 1 is 1.50 bits per heavy atom. The third-order valence-electron chi connectivity index (χ3n) is 3.16. The van der Waals surface area contributed by atoms with Gasteiger partial charge in [-0.3, -0.25) is 14.3 Å². The van der Waals surface area contributed by atoms with Crippen molar-refractivity contribution in [1.82, 2.24) is 9.55 Å². The third-order valence-corrected chi connectivity index (χ3v) is 3.16. The number of rotatable bonds is 3. The molecular formula is C10H11F3N2O5. The molecule has 0 amide bonds. The number of H-pyrrole nitrogens is 1. The summed E-state index contributed by atoms with van der Waals surface area (Å²) in [6.45, 7) is -1.33. The topological polar surface area (TPSA) is 105 Å². The van der Waals surface area contributed by atoms with E-state index in [9.17, 15) is 27.9 Å². The normalized spacial score (nSPS) is 33.8. The van der Waals surface area contributed by atoms with Crippen molar-refractivity contribution in [3.05, 3.63) is 33.1 Å². The van der Waals surface area contributed by atoms with Gasteiger partial charge in [0.15, 0.2) is 18.0 Å². The fourth-order valence-corrected chi connectivity index (χ4v) is 2.00. The number of hydrogen-bond acceptors (Lipinski definition) is 5. The number of ether oxygens (including phenoxy) is 1. The van der Waals surface area contributed by atoms with Crippen LogP contribution in [0.3, 0.4) is 0 Å². The molecule has 2 heterocycles. The van der Waals surface area contributed by atoms with Crippen LogP contribution in [-0.4, -0.2) is 50.7 Å². The van der Waals surface area contributed by atoms with Gasteiger partial charge in [0.05, 0.1) is 6.61 Å². The highest BCUT2D eigenvalue weighted by Gasteiger charge is 2.61. The molecule has 7 nitrogen and oxygen atoms in total. The predicted octanol–water partition coefficient (Wildman–Crippen LogP) is -1.24. The van der Waals surface area contributed by atoms with Gasteiger partial charge < -0.3 is 14.9 Å². The third kappa shape index (κ3) is 2.05. The molecule has 10 heteroatoms. The van der Waals surface area contributed by atoms with Crippen molar-refractivity contribution in [3.8, 4) is 0 Å². The van der Waals surface area contributed by atoms with Crippen LogP contribution in [0.4, 0.5) is 13.2 Å². The van der Waals surface area contributed by atoms with Gasteiger partial charge in [0.25, 0.3) is 12.0 Å². The molecule has 0 saturated carbocycles. The lowest BCUT2D eigenvalue weighted by atomic mass is 9.97. The lowest BCUT2D eigenvalue weighted by Gasteiger charge is -2.28. The number of aliphatic hydroxyl groups excluding tert-OH is 2. The molecule has 1 aromatic heterocycles. The van der Waals surface area contributed by atoms with E-state index in [-0.39, 0.29) is 0 Å². The second-order valence-electron chi connectivity index (χ2n) is 4.33. The smallest absolute Gasteiger partial charge is 0.330 e. The summed E-state index contributed by atoms with van der Waals surface area (Å²) in [5, 5.41) is 18.5. The molecule has 1 aromatic rings. The van der Waals surface area contributed by atoms with Crippen molar-refractivity contribution < 1.29 is 28.1 Å². The summed E-state index contributed by atoms with van der Waals surface area (Å²) in [7, 11) is 0.